The fourth-order valence-electron chi connectivity index (χ4n) is 2.58. The summed E-state index contributed by atoms with van der Waals surface area (Å²) in [5.41, 5.74) is 0. The van der Waals surface area contributed by atoms with Crippen LogP contribution in [0.2, 0.25) is 0 Å². The monoisotopic (exact) mass is 406 g/mol. The Labute approximate surface area is 173 Å². The lowest BCUT2D eigenvalue weighted by atomic mass is 10.1. The van der Waals surface area contributed by atoms with Gasteiger partial charge in [-0.05, 0) is 13.3 Å². The third kappa shape index (κ3) is 25.8. The van der Waals surface area contributed by atoms with Crippen molar-refractivity contribution < 1.29 is 28.4 Å². The maximum atomic E-state index is 5.59. The molecular formula is C22H46O6. The maximum absolute atomic E-state index is 5.59. The molecule has 0 fully saturated rings. The average Bonchev–Trinajstić information content (AvgIpc) is 2.71. The van der Waals surface area contributed by atoms with Gasteiger partial charge in [-0.3, -0.25) is 0 Å². The van der Waals surface area contributed by atoms with E-state index in [1.165, 1.54) is 44.9 Å². The molecule has 170 valence electrons. The fourth-order valence-corrected chi connectivity index (χ4v) is 2.58. The highest BCUT2D eigenvalue weighted by Gasteiger charge is 1.95. The van der Waals surface area contributed by atoms with E-state index in [2.05, 4.69) is 6.92 Å². The van der Waals surface area contributed by atoms with Gasteiger partial charge in [-0.1, -0.05) is 51.9 Å². The highest BCUT2D eigenvalue weighted by atomic mass is 16.6. The normalized spacial score (nSPS) is 11.4. The van der Waals surface area contributed by atoms with Gasteiger partial charge in [0.2, 0.25) is 0 Å². The molecule has 0 spiro atoms. The smallest absolute Gasteiger partial charge is 0.0701 e. The molecule has 0 amide bonds. The highest BCUT2D eigenvalue weighted by molar-refractivity contribution is 4.46. The highest BCUT2D eigenvalue weighted by Crippen LogP contribution is 2.08. The van der Waals surface area contributed by atoms with Crippen LogP contribution in [0.3, 0.4) is 0 Å². The van der Waals surface area contributed by atoms with Crippen LogP contribution in [0.15, 0.2) is 0 Å². The van der Waals surface area contributed by atoms with Crippen LogP contribution < -0.4 is 0 Å². The quantitative estimate of drug-likeness (QED) is 0.211. The van der Waals surface area contributed by atoms with Crippen molar-refractivity contribution in [3.8, 4) is 0 Å². The Bertz CT molecular complexity index is 239. The van der Waals surface area contributed by atoms with E-state index in [4.69, 9.17) is 28.4 Å². The number of ether oxygens (including phenoxy) is 6. The summed E-state index contributed by atoms with van der Waals surface area (Å²) in [4.78, 5) is 0. The Hall–Kier alpha value is -0.240. The molecule has 0 aromatic heterocycles. The predicted molar refractivity (Wildman–Crippen MR) is 113 cm³/mol. The first kappa shape index (κ1) is 27.8. The molecule has 0 radical (unpaired) electrons. The fraction of sp³-hybridized carbons (Fsp3) is 1.00. The second-order valence-corrected chi connectivity index (χ2v) is 6.73. The van der Waals surface area contributed by atoms with Crippen LogP contribution >= 0.6 is 0 Å². The molecule has 6 nitrogen and oxygen atoms in total. The molecule has 0 N–H and O–H groups in total. The van der Waals surface area contributed by atoms with Gasteiger partial charge in [0.05, 0.1) is 66.1 Å². The molecule has 0 aliphatic carbocycles. The first-order valence-corrected chi connectivity index (χ1v) is 11.4. The SMILES string of the molecule is CCCCCCCCCCOCCOCCOCCOCCOCCOCC. The molecule has 6 heteroatoms. The zero-order valence-electron chi connectivity index (χ0n) is 18.6. The van der Waals surface area contributed by atoms with Crippen molar-refractivity contribution in [2.24, 2.45) is 0 Å². The molecule has 0 saturated carbocycles. The number of hydrogen-bond acceptors (Lipinski definition) is 6. The van der Waals surface area contributed by atoms with Crippen molar-refractivity contribution in [3.63, 3.8) is 0 Å². The molecule has 0 aromatic carbocycles. The van der Waals surface area contributed by atoms with Crippen molar-refractivity contribution in [1.82, 2.24) is 0 Å². The zero-order chi connectivity index (χ0) is 20.4. The summed E-state index contributed by atoms with van der Waals surface area (Å²) >= 11 is 0. The Kier molecular flexibility index (Phi) is 26.5. The van der Waals surface area contributed by atoms with E-state index in [0.29, 0.717) is 66.1 Å². The van der Waals surface area contributed by atoms with Gasteiger partial charge in [0.25, 0.3) is 0 Å². The largest absolute Gasteiger partial charge is 0.379 e. The topological polar surface area (TPSA) is 55.4 Å². The van der Waals surface area contributed by atoms with Crippen LogP contribution in [0.1, 0.15) is 65.2 Å². The van der Waals surface area contributed by atoms with Crippen LogP contribution in [0.4, 0.5) is 0 Å². The Morgan fingerprint density at radius 3 is 1.04 bits per heavy atom. The summed E-state index contributed by atoms with van der Waals surface area (Å²) < 4.78 is 32.5. The maximum Gasteiger partial charge on any atom is 0.0701 e. The van der Waals surface area contributed by atoms with Gasteiger partial charge in [0, 0.05) is 13.2 Å². The standard InChI is InChI=1S/C22H46O6/c1-3-5-6-7-8-9-10-11-12-24-15-16-26-19-20-28-22-21-27-18-17-25-14-13-23-4-2/h3-22H2,1-2H3. The third-order valence-corrected chi connectivity index (χ3v) is 4.21. The van der Waals surface area contributed by atoms with Crippen LogP contribution in [-0.2, 0) is 28.4 Å². The van der Waals surface area contributed by atoms with Crippen LogP contribution in [-0.4, -0.2) is 79.3 Å². The van der Waals surface area contributed by atoms with Crippen molar-refractivity contribution in [2.75, 3.05) is 79.3 Å². The Morgan fingerprint density at radius 2 is 0.643 bits per heavy atom. The van der Waals surface area contributed by atoms with Crippen molar-refractivity contribution in [2.45, 2.75) is 65.2 Å². The van der Waals surface area contributed by atoms with E-state index >= 15 is 0 Å². The second kappa shape index (κ2) is 26.8. The van der Waals surface area contributed by atoms with Crippen molar-refractivity contribution in [1.29, 1.82) is 0 Å². The number of hydrogen-bond donors (Lipinski definition) is 0. The van der Waals surface area contributed by atoms with E-state index in [-0.39, 0.29) is 0 Å². The molecule has 0 saturated heterocycles. The predicted octanol–water partition coefficient (Wildman–Crippen LogP) is 4.25. The minimum Gasteiger partial charge on any atom is -0.379 e. The molecule has 0 atom stereocenters. The van der Waals surface area contributed by atoms with Crippen molar-refractivity contribution in [3.05, 3.63) is 0 Å². The molecule has 28 heavy (non-hydrogen) atoms. The second-order valence-electron chi connectivity index (χ2n) is 6.73. The van der Waals surface area contributed by atoms with Gasteiger partial charge >= 0.3 is 0 Å². The summed E-state index contributed by atoms with van der Waals surface area (Å²) in [5.74, 6) is 0. The lowest BCUT2D eigenvalue weighted by Crippen LogP contribution is -2.14. The molecular weight excluding hydrogens is 360 g/mol. The Morgan fingerprint density at radius 1 is 0.321 bits per heavy atom. The summed E-state index contributed by atoms with van der Waals surface area (Å²) in [6, 6.07) is 0. The first-order valence-electron chi connectivity index (χ1n) is 11.4. The van der Waals surface area contributed by atoms with Gasteiger partial charge in [-0.15, -0.1) is 0 Å². The van der Waals surface area contributed by atoms with E-state index in [1.807, 2.05) is 6.92 Å². The molecule has 0 rings (SSSR count). The summed E-state index contributed by atoms with van der Waals surface area (Å²) in [7, 11) is 0. The lowest BCUT2D eigenvalue weighted by Gasteiger charge is -2.08. The average molecular weight is 407 g/mol. The number of unbranched alkanes of at least 4 members (excludes halogenated alkanes) is 7. The molecule has 0 heterocycles. The van der Waals surface area contributed by atoms with Gasteiger partial charge in [0.15, 0.2) is 0 Å². The lowest BCUT2D eigenvalue weighted by molar-refractivity contribution is -0.0163. The van der Waals surface area contributed by atoms with E-state index in [1.54, 1.807) is 0 Å². The van der Waals surface area contributed by atoms with E-state index in [0.717, 1.165) is 19.6 Å². The third-order valence-electron chi connectivity index (χ3n) is 4.21. The van der Waals surface area contributed by atoms with Gasteiger partial charge < -0.3 is 28.4 Å². The summed E-state index contributed by atoms with van der Waals surface area (Å²) in [5, 5.41) is 0. The van der Waals surface area contributed by atoms with Crippen LogP contribution in [0.5, 0.6) is 0 Å². The van der Waals surface area contributed by atoms with Gasteiger partial charge in [0.1, 0.15) is 0 Å². The summed E-state index contributed by atoms with van der Waals surface area (Å²) in [6.45, 7) is 11.9. The zero-order valence-corrected chi connectivity index (χ0v) is 18.6. The minimum absolute atomic E-state index is 0.580. The molecule has 0 aliphatic heterocycles. The molecule has 0 aliphatic rings. The van der Waals surface area contributed by atoms with Gasteiger partial charge in [-0.25, -0.2) is 0 Å². The van der Waals surface area contributed by atoms with Gasteiger partial charge in [-0.2, -0.15) is 0 Å². The van der Waals surface area contributed by atoms with Crippen LogP contribution in [0.25, 0.3) is 0 Å². The van der Waals surface area contributed by atoms with E-state index in [9.17, 15) is 0 Å². The molecule has 0 unspecified atom stereocenters. The van der Waals surface area contributed by atoms with Crippen LogP contribution in [0, 0.1) is 0 Å². The summed E-state index contributed by atoms with van der Waals surface area (Å²) in [6.07, 6.45) is 10.6. The van der Waals surface area contributed by atoms with Crippen molar-refractivity contribution >= 4 is 0 Å². The molecule has 0 bridgehead atoms. The van der Waals surface area contributed by atoms with E-state index < -0.39 is 0 Å². The number of rotatable bonds is 25. The first-order chi connectivity index (χ1) is 13.9. The minimum atomic E-state index is 0.580. The Balaban J connectivity index is 2.96. The molecule has 0 aromatic rings.